The summed E-state index contributed by atoms with van der Waals surface area (Å²) in [6.07, 6.45) is 6.56. The van der Waals surface area contributed by atoms with Crippen molar-refractivity contribution in [2.24, 2.45) is 0 Å². The zero-order chi connectivity index (χ0) is 11.7. The van der Waals surface area contributed by atoms with Crippen LogP contribution in [0.4, 0.5) is 11.9 Å². The van der Waals surface area contributed by atoms with Crippen molar-refractivity contribution < 1.29 is 0 Å². The maximum atomic E-state index is 5.55. The van der Waals surface area contributed by atoms with E-state index in [-0.39, 0.29) is 5.95 Å². The van der Waals surface area contributed by atoms with Gasteiger partial charge in [0.2, 0.25) is 11.9 Å². The number of anilines is 2. The number of hydrogen-bond donors (Lipinski definition) is 2. The fourth-order valence-electron chi connectivity index (χ4n) is 2.96. The number of aromatic nitrogens is 3. The summed E-state index contributed by atoms with van der Waals surface area (Å²) in [6, 6.07) is 1.10. The van der Waals surface area contributed by atoms with Crippen LogP contribution in [-0.4, -0.2) is 45.0 Å². The molecule has 92 valence electrons. The Morgan fingerprint density at radius 2 is 2.18 bits per heavy atom. The first kappa shape index (κ1) is 10.7. The summed E-state index contributed by atoms with van der Waals surface area (Å²) in [7, 11) is 0. The van der Waals surface area contributed by atoms with Crippen LogP contribution >= 0.6 is 0 Å². The highest BCUT2D eigenvalue weighted by atomic mass is 15.3. The average molecular weight is 234 g/mol. The van der Waals surface area contributed by atoms with E-state index in [9.17, 15) is 0 Å². The molecule has 3 rings (SSSR count). The average Bonchev–Trinajstić information content (AvgIpc) is 2.73. The monoisotopic (exact) mass is 234 g/mol. The molecule has 17 heavy (non-hydrogen) atoms. The normalized spacial score (nSPS) is 28.9. The number of hydrogen-bond acceptors (Lipinski definition) is 6. The topological polar surface area (TPSA) is 80.0 Å². The van der Waals surface area contributed by atoms with Gasteiger partial charge in [0.25, 0.3) is 0 Å². The predicted octanol–water partition coefficient (Wildman–Crippen LogP) is 0.492. The zero-order valence-corrected chi connectivity index (χ0v) is 9.84. The lowest BCUT2D eigenvalue weighted by atomic mass is 9.99. The third kappa shape index (κ3) is 2.17. The van der Waals surface area contributed by atoms with Gasteiger partial charge < -0.3 is 11.1 Å². The second-order valence-electron chi connectivity index (χ2n) is 4.81. The van der Waals surface area contributed by atoms with Gasteiger partial charge in [-0.1, -0.05) is 6.42 Å². The van der Waals surface area contributed by atoms with E-state index in [0.717, 1.165) is 6.42 Å². The standard InChI is InChI=1S/C11H18N6/c12-10-13-7-14-11(16-10)15-8-4-6-17-5-2-1-3-9(8)17/h7-9H,1-6H2,(H3,12,13,14,15,16). The molecule has 3 heterocycles. The highest BCUT2D eigenvalue weighted by molar-refractivity contribution is 5.31. The molecule has 6 nitrogen and oxygen atoms in total. The zero-order valence-electron chi connectivity index (χ0n) is 9.84. The molecule has 1 aromatic rings. The summed E-state index contributed by atoms with van der Waals surface area (Å²) < 4.78 is 0. The third-order valence-corrected chi connectivity index (χ3v) is 3.76. The van der Waals surface area contributed by atoms with Crippen LogP contribution in [-0.2, 0) is 0 Å². The summed E-state index contributed by atoms with van der Waals surface area (Å²) in [6.45, 7) is 2.42. The van der Waals surface area contributed by atoms with Crippen molar-refractivity contribution in [2.45, 2.75) is 37.8 Å². The van der Waals surface area contributed by atoms with Gasteiger partial charge in [-0.3, -0.25) is 4.90 Å². The highest BCUT2D eigenvalue weighted by Crippen LogP contribution is 2.28. The van der Waals surface area contributed by atoms with E-state index in [0.29, 0.717) is 18.0 Å². The molecule has 2 aliphatic rings. The van der Waals surface area contributed by atoms with Crippen LogP contribution in [0.3, 0.4) is 0 Å². The van der Waals surface area contributed by atoms with E-state index < -0.39 is 0 Å². The van der Waals surface area contributed by atoms with Crippen LogP contribution in [0.15, 0.2) is 6.33 Å². The van der Waals surface area contributed by atoms with Crippen LogP contribution in [0, 0.1) is 0 Å². The van der Waals surface area contributed by atoms with E-state index in [4.69, 9.17) is 5.73 Å². The van der Waals surface area contributed by atoms with Crippen LogP contribution in [0.2, 0.25) is 0 Å². The van der Waals surface area contributed by atoms with Crippen molar-refractivity contribution in [2.75, 3.05) is 24.1 Å². The van der Waals surface area contributed by atoms with Crippen molar-refractivity contribution in [1.82, 2.24) is 19.9 Å². The molecule has 1 aromatic heterocycles. The van der Waals surface area contributed by atoms with Crippen LogP contribution < -0.4 is 11.1 Å². The SMILES string of the molecule is Nc1ncnc(NC2CCN3CCCCC23)n1. The number of fused-ring (bicyclic) bond motifs is 1. The Morgan fingerprint density at radius 1 is 1.24 bits per heavy atom. The van der Waals surface area contributed by atoms with Crippen LogP contribution in [0.5, 0.6) is 0 Å². The van der Waals surface area contributed by atoms with E-state index in [1.807, 2.05) is 0 Å². The molecule has 2 saturated heterocycles. The van der Waals surface area contributed by atoms with Crippen LogP contribution in [0.25, 0.3) is 0 Å². The van der Waals surface area contributed by atoms with Crippen LogP contribution in [0.1, 0.15) is 25.7 Å². The third-order valence-electron chi connectivity index (χ3n) is 3.76. The molecule has 0 radical (unpaired) electrons. The van der Waals surface area contributed by atoms with Gasteiger partial charge in [0, 0.05) is 18.6 Å². The Hall–Kier alpha value is -1.43. The molecule has 0 spiro atoms. The van der Waals surface area contributed by atoms with Gasteiger partial charge in [-0.2, -0.15) is 4.98 Å². The van der Waals surface area contributed by atoms with E-state index in [1.54, 1.807) is 0 Å². The molecule has 0 saturated carbocycles. The molecule has 0 aromatic carbocycles. The van der Waals surface area contributed by atoms with Gasteiger partial charge in [-0.15, -0.1) is 0 Å². The fraction of sp³-hybridized carbons (Fsp3) is 0.727. The maximum Gasteiger partial charge on any atom is 0.227 e. The number of nitrogens with one attached hydrogen (secondary N) is 1. The fourth-order valence-corrected chi connectivity index (χ4v) is 2.96. The number of nitrogens with two attached hydrogens (primary N) is 1. The molecule has 0 bridgehead atoms. The lowest BCUT2D eigenvalue weighted by Gasteiger charge is -2.32. The first-order valence-electron chi connectivity index (χ1n) is 6.28. The van der Waals surface area contributed by atoms with Gasteiger partial charge in [0.1, 0.15) is 6.33 Å². The lowest BCUT2D eigenvalue weighted by molar-refractivity contribution is 0.192. The number of rotatable bonds is 2. The first-order chi connectivity index (χ1) is 8.33. The molecule has 2 aliphatic heterocycles. The summed E-state index contributed by atoms with van der Waals surface area (Å²) in [5, 5.41) is 3.40. The molecule has 2 atom stereocenters. The van der Waals surface area contributed by atoms with Gasteiger partial charge in [-0.05, 0) is 25.8 Å². The largest absolute Gasteiger partial charge is 0.368 e. The Labute approximate surface area is 101 Å². The number of piperidine rings is 1. The van der Waals surface area contributed by atoms with Crippen molar-refractivity contribution in [3.05, 3.63) is 6.33 Å². The van der Waals surface area contributed by atoms with Gasteiger partial charge in [0.15, 0.2) is 0 Å². The molecule has 3 N–H and O–H groups in total. The molecule has 6 heteroatoms. The summed E-state index contributed by atoms with van der Waals surface area (Å²) in [5.41, 5.74) is 5.55. The molecular formula is C11H18N6. The minimum Gasteiger partial charge on any atom is -0.368 e. The maximum absolute atomic E-state index is 5.55. The lowest BCUT2D eigenvalue weighted by Crippen LogP contribution is -2.42. The van der Waals surface area contributed by atoms with Crippen molar-refractivity contribution >= 4 is 11.9 Å². The highest BCUT2D eigenvalue weighted by Gasteiger charge is 2.35. The molecule has 2 fully saturated rings. The van der Waals surface area contributed by atoms with Gasteiger partial charge in [0.05, 0.1) is 0 Å². The predicted molar refractivity (Wildman–Crippen MR) is 65.5 cm³/mol. The van der Waals surface area contributed by atoms with Crippen molar-refractivity contribution in [3.63, 3.8) is 0 Å². The smallest absolute Gasteiger partial charge is 0.227 e. The molecule has 0 amide bonds. The first-order valence-corrected chi connectivity index (χ1v) is 6.28. The number of nitrogen functional groups attached to an aromatic ring is 1. The Morgan fingerprint density at radius 3 is 3.06 bits per heavy atom. The van der Waals surface area contributed by atoms with Crippen molar-refractivity contribution in [3.8, 4) is 0 Å². The second-order valence-corrected chi connectivity index (χ2v) is 4.81. The van der Waals surface area contributed by atoms with E-state index >= 15 is 0 Å². The Kier molecular flexibility index (Phi) is 2.80. The minimum atomic E-state index is 0.279. The molecular weight excluding hydrogens is 216 g/mol. The van der Waals surface area contributed by atoms with Gasteiger partial charge >= 0.3 is 0 Å². The van der Waals surface area contributed by atoms with E-state index in [2.05, 4.69) is 25.2 Å². The molecule has 0 aliphatic carbocycles. The van der Waals surface area contributed by atoms with E-state index in [1.165, 1.54) is 38.7 Å². The molecule has 2 unspecified atom stereocenters. The van der Waals surface area contributed by atoms with Crippen molar-refractivity contribution in [1.29, 1.82) is 0 Å². The van der Waals surface area contributed by atoms with Gasteiger partial charge in [-0.25, -0.2) is 9.97 Å². The quantitative estimate of drug-likeness (QED) is 0.775. The summed E-state index contributed by atoms with van der Waals surface area (Å²) >= 11 is 0. The minimum absolute atomic E-state index is 0.279. The summed E-state index contributed by atoms with van der Waals surface area (Å²) in [5.74, 6) is 0.885. The summed E-state index contributed by atoms with van der Waals surface area (Å²) in [4.78, 5) is 14.6. The Bertz CT molecular complexity index is 395. The number of nitrogens with zero attached hydrogens (tertiary/aromatic N) is 4. The Balaban J connectivity index is 1.69. The second kappa shape index (κ2) is 4.44.